The van der Waals surface area contributed by atoms with Crippen LogP contribution in [0.1, 0.15) is 5.56 Å². The zero-order chi connectivity index (χ0) is 19.1. The lowest BCUT2D eigenvalue weighted by atomic mass is 10.1. The number of pyridine rings is 1. The molecule has 2 N–H and O–H groups in total. The highest BCUT2D eigenvalue weighted by Gasteiger charge is 2.36. The summed E-state index contributed by atoms with van der Waals surface area (Å²) in [5.74, 6) is -1.06. The minimum Gasteiger partial charge on any atom is -0.406 e. The van der Waals surface area contributed by atoms with E-state index in [0.717, 1.165) is 6.07 Å². The number of nitrogens with one attached hydrogen (secondary N) is 2. The standard InChI is InChI=1S/C13H6F6N4O3/c14-12(15,16)6-3-5(25-13(17,18)19)1-2-7(6)20-9-4-8-10(21-11(9)24)23-26-22-8/h1-4,20H,(H,21,23,24). The predicted octanol–water partition coefficient (Wildman–Crippen LogP) is 3.57. The Labute approximate surface area is 138 Å². The molecule has 0 aliphatic carbocycles. The van der Waals surface area contributed by atoms with Crippen molar-refractivity contribution in [2.24, 2.45) is 0 Å². The Morgan fingerprint density at radius 3 is 2.42 bits per heavy atom. The quantitative estimate of drug-likeness (QED) is 0.675. The molecule has 0 aliphatic heterocycles. The molecule has 2 aromatic heterocycles. The van der Waals surface area contributed by atoms with Gasteiger partial charge in [-0.1, -0.05) is 0 Å². The van der Waals surface area contributed by atoms with Crippen molar-refractivity contribution in [3.05, 3.63) is 40.2 Å². The van der Waals surface area contributed by atoms with Crippen LogP contribution in [0, 0.1) is 0 Å². The molecule has 0 fully saturated rings. The van der Waals surface area contributed by atoms with E-state index in [-0.39, 0.29) is 22.9 Å². The molecule has 3 rings (SSSR count). The van der Waals surface area contributed by atoms with Crippen molar-refractivity contribution in [1.82, 2.24) is 15.3 Å². The van der Waals surface area contributed by atoms with Gasteiger partial charge in [-0.05, 0) is 28.5 Å². The molecular weight excluding hydrogens is 374 g/mol. The topological polar surface area (TPSA) is 93.0 Å². The molecule has 0 spiro atoms. The van der Waals surface area contributed by atoms with Gasteiger partial charge in [-0.3, -0.25) is 4.79 Å². The van der Waals surface area contributed by atoms with Gasteiger partial charge in [0, 0.05) is 6.07 Å². The van der Waals surface area contributed by atoms with Gasteiger partial charge in [0.1, 0.15) is 11.4 Å². The summed E-state index contributed by atoms with van der Waals surface area (Å²) in [4.78, 5) is 14.1. The number of hydrogen-bond donors (Lipinski definition) is 2. The van der Waals surface area contributed by atoms with Gasteiger partial charge in [0.2, 0.25) is 5.65 Å². The molecule has 2 heterocycles. The summed E-state index contributed by atoms with van der Waals surface area (Å²) < 4.78 is 84.0. The fourth-order valence-corrected chi connectivity index (χ4v) is 2.06. The SMILES string of the molecule is O=c1[nH]c2nonc2cc1Nc1ccc(OC(F)(F)F)cc1C(F)(F)F. The number of ether oxygens (including phenoxy) is 1. The van der Waals surface area contributed by atoms with Crippen molar-refractivity contribution < 1.29 is 35.7 Å². The van der Waals surface area contributed by atoms with Crippen LogP contribution in [0.4, 0.5) is 37.7 Å². The van der Waals surface area contributed by atoms with Gasteiger partial charge in [-0.15, -0.1) is 13.2 Å². The average molecular weight is 380 g/mol. The third kappa shape index (κ3) is 3.70. The maximum Gasteiger partial charge on any atom is 0.573 e. The summed E-state index contributed by atoms with van der Waals surface area (Å²) in [6.45, 7) is 0. The van der Waals surface area contributed by atoms with Crippen molar-refractivity contribution in [3.8, 4) is 5.75 Å². The number of hydrogen-bond acceptors (Lipinski definition) is 6. The van der Waals surface area contributed by atoms with Gasteiger partial charge in [-0.2, -0.15) is 13.2 Å². The van der Waals surface area contributed by atoms with E-state index in [1.807, 2.05) is 0 Å². The number of H-pyrrole nitrogens is 1. The highest BCUT2D eigenvalue weighted by molar-refractivity contribution is 5.75. The molecular formula is C13H6F6N4O3. The lowest BCUT2D eigenvalue weighted by Crippen LogP contribution is -2.18. The summed E-state index contributed by atoms with van der Waals surface area (Å²) in [6, 6.07) is 2.62. The summed E-state index contributed by atoms with van der Waals surface area (Å²) in [5.41, 5.74) is -3.27. The number of aromatic amines is 1. The van der Waals surface area contributed by atoms with E-state index < -0.39 is 35.1 Å². The van der Waals surface area contributed by atoms with Crippen molar-refractivity contribution in [2.45, 2.75) is 12.5 Å². The number of benzene rings is 1. The summed E-state index contributed by atoms with van der Waals surface area (Å²) in [5, 5.41) is 8.99. The zero-order valence-electron chi connectivity index (χ0n) is 12.2. The highest BCUT2D eigenvalue weighted by Crippen LogP contribution is 2.39. The molecule has 0 atom stereocenters. The Hall–Kier alpha value is -3.25. The Balaban J connectivity index is 2.03. The smallest absolute Gasteiger partial charge is 0.406 e. The van der Waals surface area contributed by atoms with Crippen LogP contribution in [-0.4, -0.2) is 21.7 Å². The van der Waals surface area contributed by atoms with Crippen LogP contribution in [0.15, 0.2) is 33.7 Å². The molecule has 7 nitrogen and oxygen atoms in total. The van der Waals surface area contributed by atoms with Crippen molar-refractivity contribution in [1.29, 1.82) is 0 Å². The molecule has 0 aliphatic rings. The molecule has 138 valence electrons. The first-order valence-electron chi connectivity index (χ1n) is 6.62. The van der Waals surface area contributed by atoms with Gasteiger partial charge in [-0.25, -0.2) is 4.63 Å². The first-order chi connectivity index (χ1) is 12.0. The van der Waals surface area contributed by atoms with E-state index in [1.165, 1.54) is 0 Å². The molecule has 0 saturated carbocycles. The lowest BCUT2D eigenvalue weighted by Gasteiger charge is -2.16. The second-order valence-electron chi connectivity index (χ2n) is 4.89. The number of alkyl halides is 6. The molecule has 0 radical (unpaired) electrons. The first kappa shape index (κ1) is 17.6. The fourth-order valence-electron chi connectivity index (χ4n) is 2.06. The molecule has 0 saturated heterocycles. The number of anilines is 2. The van der Waals surface area contributed by atoms with Crippen LogP contribution < -0.4 is 15.6 Å². The second kappa shape index (κ2) is 5.93. The van der Waals surface area contributed by atoms with E-state index in [9.17, 15) is 31.1 Å². The van der Waals surface area contributed by atoms with Gasteiger partial charge < -0.3 is 15.0 Å². The highest BCUT2D eigenvalue weighted by atomic mass is 19.4. The third-order valence-corrected chi connectivity index (χ3v) is 3.07. The summed E-state index contributed by atoms with van der Waals surface area (Å²) in [6.07, 6.45) is -10.2. The largest absolute Gasteiger partial charge is 0.573 e. The summed E-state index contributed by atoms with van der Waals surface area (Å²) in [7, 11) is 0. The molecule has 1 aromatic carbocycles. The Morgan fingerprint density at radius 2 is 1.77 bits per heavy atom. The summed E-state index contributed by atoms with van der Waals surface area (Å²) >= 11 is 0. The number of fused-ring (bicyclic) bond motifs is 1. The van der Waals surface area contributed by atoms with Crippen LogP contribution >= 0.6 is 0 Å². The van der Waals surface area contributed by atoms with Gasteiger partial charge in [0.15, 0.2) is 5.52 Å². The maximum absolute atomic E-state index is 13.2. The van der Waals surface area contributed by atoms with Gasteiger partial charge >= 0.3 is 12.5 Å². The van der Waals surface area contributed by atoms with E-state index >= 15 is 0 Å². The monoisotopic (exact) mass is 380 g/mol. The number of nitrogens with zero attached hydrogens (tertiary/aromatic N) is 2. The lowest BCUT2D eigenvalue weighted by molar-refractivity contribution is -0.274. The zero-order valence-corrected chi connectivity index (χ0v) is 12.2. The minimum atomic E-state index is -5.15. The molecule has 3 aromatic rings. The average Bonchev–Trinajstić information content (AvgIpc) is 2.93. The van der Waals surface area contributed by atoms with Crippen LogP contribution in [0.5, 0.6) is 5.75 Å². The molecule has 26 heavy (non-hydrogen) atoms. The van der Waals surface area contributed by atoms with Crippen molar-refractivity contribution in [2.75, 3.05) is 5.32 Å². The number of aromatic nitrogens is 3. The van der Waals surface area contributed by atoms with Crippen LogP contribution in [-0.2, 0) is 6.18 Å². The molecule has 13 heteroatoms. The van der Waals surface area contributed by atoms with E-state index in [2.05, 4.69) is 30.0 Å². The van der Waals surface area contributed by atoms with Crippen LogP contribution in [0.2, 0.25) is 0 Å². The van der Waals surface area contributed by atoms with Crippen molar-refractivity contribution >= 4 is 22.5 Å². The molecule has 0 amide bonds. The van der Waals surface area contributed by atoms with Crippen molar-refractivity contribution in [3.63, 3.8) is 0 Å². The second-order valence-corrected chi connectivity index (χ2v) is 4.89. The fraction of sp³-hybridized carbons (Fsp3) is 0.154. The Kier molecular flexibility index (Phi) is 4.00. The van der Waals surface area contributed by atoms with Crippen LogP contribution in [0.25, 0.3) is 11.2 Å². The van der Waals surface area contributed by atoms with E-state index in [0.29, 0.717) is 12.1 Å². The van der Waals surface area contributed by atoms with Crippen LogP contribution in [0.3, 0.4) is 0 Å². The normalized spacial score (nSPS) is 12.4. The maximum atomic E-state index is 13.2. The number of rotatable bonds is 3. The van der Waals surface area contributed by atoms with E-state index in [4.69, 9.17) is 0 Å². The predicted molar refractivity (Wildman–Crippen MR) is 73.8 cm³/mol. The molecule has 0 unspecified atom stereocenters. The minimum absolute atomic E-state index is 0.0227. The number of halogens is 6. The first-order valence-corrected chi connectivity index (χ1v) is 6.62. The molecule has 0 bridgehead atoms. The van der Waals surface area contributed by atoms with E-state index in [1.54, 1.807) is 0 Å². The van der Waals surface area contributed by atoms with Gasteiger partial charge in [0.05, 0.1) is 11.3 Å². The Morgan fingerprint density at radius 1 is 1.04 bits per heavy atom. The van der Waals surface area contributed by atoms with Gasteiger partial charge in [0.25, 0.3) is 5.56 Å². The third-order valence-electron chi connectivity index (χ3n) is 3.07. The Bertz CT molecular complexity index is 1010.